The molecule has 0 aliphatic carbocycles. The molecule has 0 fully saturated rings. The van der Waals surface area contributed by atoms with Gasteiger partial charge in [-0.2, -0.15) is 0 Å². The first-order valence-corrected chi connectivity index (χ1v) is 7.71. The molecule has 0 saturated heterocycles. The average Bonchev–Trinajstić information content (AvgIpc) is 3.08. The Kier molecular flexibility index (Phi) is 3.44. The molecule has 0 radical (unpaired) electrons. The third kappa shape index (κ3) is 2.59. The highest BCUT2D eigenvalue weighted by molar-refractivity contribution is 7.98. The van der Waals surface area contributed by atoms with Crippen molar-refractivity contribution in [2.45, 2.75) is 17.8 Å². The topological polar surface area (TPSA) is 43.9 Å². The molecular weight excluding hydrogens is 278 g/mol. The number of hydrogen-bond acceptors (Lipinski definition) is 5. The summed E-state index contributed by atoms with van der Waals surface area (Å²) in [6.45, 7) is 1.96. The number of nitrogens with zero attached hydrogens (tertiary/aromatic N) is 3. The summed E-state index contributed by atoms with van der Waals surface area (Å²) in [6.07, 6.45) is 3.74. The van der Waals surface area contributed by atoms with E-state index in [4.69, 9.17) is 4.42 Å². The van der Waals surface area contributed by atoms with Crippen LogP contribution < -0.4 is 0 Å². The molecule has 4 nitrogen and oxygen atoms in total. The van der Waals surface area contributed by atoms with Gasteiger partial charge in [-0.25, -0.2) is 9.97 Å². The second kappa shape index (κ2) is 5.22. The van der Waals surface area contributed by atoms with Crippen molar-refractivity contribution in [3.63, 3.8) is 0 Å². The summed E-state index contributed by atoms with van der Waals surface area (Å²) >= 11 is 3.30. The molecule has 3 heterocycles. The monoisotopic (exact) mass is 291 g/mol. The van der Waals surface area contributed by atoms with Crippen LogP contribution >= 0.6 is 23.1 Å². The number of aromatic nitrogens is 3. The van der Waals surface area contributed by atoms with Crippen LogP contribution in [0.4, 0.5) is 0 Å². The van der Waals surface area contributed by atoms with Crippen LogP contribution in [0.15, 0.2) is 39.5 Å². The van der Waals surface area contributed by atoms with E-state index in [-0.39, 0.29) is 0 Å². The molecule has 3 aromatic heterocycles. The van der Waals surface area contributed by atoms with E-state index in [1.54, 1.807) is 29.3 Å². The van der Waals surface area contributed by atoms with Crippen molar-refractivity contribution in [3.05, 3.63) is 41.4 Å². The van der Waals surface area contributed by atoms with E-state index in [9.17, 15) is 0 Å². The van der Waals surface area contributed by atoms with Crippen LogP contribution in [0.3, 0.4) is 0 Å². The minimum atomic E-state index is 0.711. The first kappa shape index (κ1) is 12.5. The van der Waals surface area contributed by atoms with Gasteiger partial charge in [0.2, 0.25) is 5.89 Å². The fraction of sp³-hybridized carbons (Fsp3) is 0.231. The van der Waals surface area contributed by atoms with Gasteiger partial charge in [0, 0.05) is 25.2 Å². The highest BCUT2D eigenvalue weighted by Gasteiger charge is 2.13. The first-order valence-electron chi connectivity index (χ1n) is 5.84. The van der Waals surface area contributed by atoms with Gasteiger partial charge < -0.3 is 8.98 Å². The molecule has 98 valence electrons. The number of thiophene rings is 1. The van der Waals surface area contributed by atoms with Crippen molar-refractivity contribution >= 4 is 23.1 Å². The Morgan fingerprint density at radius 3 is 3.05 bits per heavy atom. The summed E-state index contributed by atoms with van der Waals surface area (Å²) in [5.41, 5.74) is 0.983. The first-order chi connectivity index (χ1) is 9.24. The lowest BCUT2D eigenvalue weighted by Crippen LogP contribution is -1.91. The summed E-state index contributed by atoms with van der Waals surface area (Å²) in [4.78, 5) is 9.92. The second-order valence-electron chi connectivity index (χ2n) is 4.11. The van der Waals surface area contributed by atoms with Gasteiger partial charge in [0.05, 0.1) is 10.6 Å². The summed E-state index contributed by atoms with van der Waals surface area (Å²) in [5, 5.41) is 3.01. The van der Waals surface area contributed by atoms with Crippen LogP contribution in [0.25, 0.3) is 10.8 Å². The van der Waals surface area contributed by atoms with Gasteiger partial charge in [-0.15, -0.1) is 11.3 Å². The summed E-state index contributed by atoms with van der Waals surface area (Å²) in [7, 11) is 1.99. The van der Waals surface area contributed by atoms with Crippen molar-refractivity contribution < 1.29 is 4.42 Å². The van der Waals surface area contributed by atoms with Gasteiger partial charge >= 0.3 is 0 Å². The molecule has 0 amide bonds. The Morgan fingerprint density at radius 1 is 1.47 bits per heavy atom. The zero-order valence-corrected chi connectivity index (χ0v) is 12.3. The SMILES string of the molecule is Cc1oc(-c2cccs2)nc1CSc1nccn1C. The maximum Gasteiger partial charge on any atom is 0.236 e. The maximum atomic E-state index is 5.72. The van der Waals surface area contributed by atoms with Crippen LogP contribution in [0.5, 0.6) is 0 Å². The van der Waals surface area contributed by atoms with E-state index in [2.05, 4.69) is 9.97 Å². The molecule has 0 spiro atoms. The van der Waals surface area contributed by atoms with Gasteiger partial charge in [0.25, 0.3) is 0 Å². The van der Waals surface area contributed by atoms with Gasteiger partial charge in [0.15, 0.2) is 5.16 Å². The molecule has 0 unspecified atom stereocenters. The fourth-order valence-corrected chi connectivity index (χ4v) is 3.27. The predicted molar refractivity (Wildman–Crippen MR) is 77.3 cm³/mol. The molecule has 0 aliphatic rings. The molecule has 19 heavy (non-hydrogen) atoms. The van der Waals surface area contributed by atoms with E-state index in [1.807, 2.05) is 42.2 Å². The van der Waals surface area contributed by atoms with Crippen molar-refractivity contribution in [1.29, 1.82) is 0 Å². The third-order valence-corrected chi connectivity index (χ3v) is 4.67. The normalized spacial score (nSPS) is 11.1. The molecule has 0 bridgehead atoms. The molecule has 0 aromatic carbocycles. The third-order valence-electron chi connectivity index (χ3n) is 2.74. The Labute approximate surface area is 119 Å². The molecule has 0 N–H and O–H groups in total. The molecule has 3 rings (SSSR count). The van der Waals surface area contributed by atoms with Gasteiger partial charge in [-0.1, -0.05) is 17.8 Å². The van der Waals surface area contributed by atoms with Gasteiger partial charge in [0.1, 0.15) is 5.76 Å². The summed E-state index contributed by atoms with van der Waals surface area (Å²) in [5.74, 6) is 2.36. The van der Waals surface area contributed by atoms with E-state index < -0.39 is 0 Å². The minimum absolute atomic E-state index is 0.711. The quantitative estimate of drug-likeness (QED) is 0.687. The Morgan fingerprint density at radius 2 is 2.37 bits per heavy atom. The van der Waals surface area contributed by atoms with Crippen LogP contribution in [0.2, 0.25) is 0 Å². The van der Waals surface area contributed by atoms with Crippen molar-refractivity contribution in [3.8, 4) is 10.8 Å². The fourth-order valence-electron chi connectivity index (χ4n) is 1.69. The maximum absolute atomic E-state index is 5.72. The van der Waals surface area contributed by atoms with Crippen LogP contribution in [0, 0.1) is 6.92 Å². The van der Waals surface area contributed by atoms with E-state index >= 15 is 0 Å². The Bertz CT molecular complexity index is 670. The molecule has 0 saturated carbocycles. The predicted octanol–water partition coefficient (Wildman–Crippen LogP) is 3.74. The molecule has 0 aliphatic heterocycles. The Hall–Kier alpha value is -1.53. The zero-order chi connectivity index (χ0) is 13.2. The van der Waals surface area contributed by atoms with E-state index in [0.29, 0.717) is 5.89 Å². The average molecular weight is 291 g/mol. The Balaban J connectivity index is 1.77. The summed E-state index contributed by atoms with van der Waals surface area (Å²) in [6, 6.07) is 4.02. The smallest absolute Gasteiger partial charge is 0.236 e. The number of thioether (sulfide) groups is 1. The van der Waals surface area contributed by atoms with Crippen molar-refractivity contribution in [1.82, 2.24) is 14.5 Å². The van der Waals surface area contributed by atoms with Gasteiger partial charge in [-0.3, -0.25) is 0 Å². The number of aryl methyl sites for hydroxylation is 2. The molecule has 3 aromatic rings. The lowest BCUT2D eigenvalue weighted by Gasteiger charge is -1.99. The molecular formula is C13H13N3OS2. The molecule has 6 heteroatoms. The standard InChI is InChI=1S/C13H13N3OS2/c1-9-10(8-19-13-14-5-6-16(13)2)15-12(17-9)11-4-3-7-18-11/h3-7H,8H2,1-2H3. The highest BCUT2D eigenvalue weighted by Crippen LogP contribution is 2.28. The summed E-state index contributed by atoms with van der Waals surface area (Å²) < 4.78 is 7.72. The molecule has 0 atom stereocenters. The van der Waals surface area contributed by atoms with Crippen LogP contribution in [-0.2, 0) is 12.8 Å². The lowest BCUT2D eigenvalue weighted by atomic mass is 10.4. The largest absolute Gasteiger partial charge is 0.440 e. The second-order valence-corrected chi connectivity index (χ2v) is 6.00. The van der Waals surface area contributed by atoms with Crippen LogP contribution in [-0.4, -0.2) is 14.5 Å². The minimum Gasteiger partial charge on any atom is -0.440 e. The van der Waals surface area contributed by atoms with Gasteiger partial charge in [-0.05, 0) is 18.4 Å². The van der Waals surface area contributed by atoms with Crippen molar-refractivity contribution in [2.75, 3.05) is 0 Å². The highest BCUT2D eigenvalue weighted by atomic mass is 32.2. The number of imidazole rings is 1. The van der Waals surface area contributed by atoms with E-state index in [1.165, 1.54) is 0 Å². The number of oxazole rings is 1. The lowest BCUT2D eigenvalue weighted by molar-refractivity contribution is 0.542. The van der Waals surface area contributed by atoms with E-state index in [0.717, 1.165) is 27.2 Å². The number of rotatable bonds is 4. The van der Waals surface area contributed by atoms with Crippen LogP contribution in [0.1, 0.15) is 11.5 Å². The number of hydrogen-bond donors (Lipinski definition) is 0. The zero-order valence-electron chi connectivity index (χ0n) is 10.7. The van der Waals surface area contributed by atoms with Crippen molar-refractivity contribution in [2.24, 2.45) is 7.05 Å².